The molecule has 0 bridgehead atoms. The van der Waals surface area contributed by atoms with Gasteiger partial charge in [0.1, 0.15) is 17.3 Å². The summed E-state index contributed by atoms with van der Waals surface area (Å²) in [5.74, 6) is 0.740. The predicted molar refractivity (Wildman–Crippen MR) is 59.0 cm³/mol. The summed E-state index contributed by atoms with van der Waals surface area (Å²) in [5.41, 5.74) is 0.794. The number of rotatable bonds is 3. The van der Waals surface area contributed by atoms with Gasteiger partial charge in [-0.25, -0.2) is 4.39 Å². The lowest BCUT2D eigenvalue weighted by Crippen LogP contribution is -2.10. The van der Waals surface area contributed by atoms with Crippen molar-refractivity contribution < 1.29 is 13.9 Å². The molecule has 0 N–H and O–H groups in total. The van der Waals surface area contributed by atoms with Crippen LogP contribution in [0.4, 0.5) is 4.39 Å². The number of methoxy groups -OCH3 is 1. The third kappa shape index (κ3) is 2.23. The molecule has 0 aromatic heterocycles. The van der Waals surface area contributed by atoms with Gasteiger partial charge in [0.2, 0.25) is 0 Å². The monoisotopic (exact) mass is 222 g/mol. The van der Waals surface area contributed by atoms with E-state index in [1.807, 2.05) is 0 Å². The fourth-order valence-corrected chi connectivity index (χ4v) is 2.28. The normalized spacial score (nSPS) is 20.1. The summed E-state index contributed by atoms with van der Waals surface area (Å²) >= 11 is 0. The van der Waals surface area contributed by atoms with Gasteiger partial charge in [-0.3, -0.25) is 4.79 Å². The molecule has 16 heavy (non-hydrogen) atoms. The lowest BCUT2D eigenvalue weighted by atomic mass is 9.96. The molecule has 0 aliphatic heterocycles. The number of ether oxygens (including phenoxy) is 1. The Hall–Kier alpha value is -1.38. The van der Waals surface area contributed by atoms with E-state index >= 15 is 0 Å². The molecular weight excluding hydrogens is 207 g/mol. The van der Waals surface area contributed by atoms with Gasteiger partial charge in [-0.1, -0.05) is 0 Å². The van der Waals surface area contributed by atoms with Crippen molar-refractivity contribution in [2.45, 2.75) is 25.7 Å². The molecule has 1 saturated carbocycles. The number of Topliss-reactive ketones (excluding diaryl/α,β-unsaturated/α-hetero) is 1. The van der Waals surface area contributed by atoms with Gasteiger partial charge in [-0.05, 0) is 43.0 Å². The van der Waals surface area contributed by atoms with E-state index in [0.717, 1.165) is 18.4 Å². The first kappa shape index (κ1) is 11.1. The first-order chi connectivity index (χ1) is 7.70. The summed E-state index contributed by atoms with van der Waals surface area (Å²) in [6, 6.07) is 4.45. The fourth-order valence-electron chi connectivity index (χ4n) is 2.28. The van der Waals surface area contributed by atoms with E-state index in [1.165, 1.54) is 12.1 Å². The van der Waals surface area contributed by atoms with Crippen molar-refractivity contribution in [2.75, 3.05) is 7.11 Å². The number of ketones is 1. The van der Waals surface area contributed by atoms with E-state index in [4.69, 9.17) is 4.74 Å². The predicted octanol–water partition coefficient (Wildman–Crippen LogP) is 2.75. The Bertz CT molecular complexity index is 401. The van der Waals surface area contributed by atoms with Crippen molar-refractivity contribution >= 4 is 5.78 Å². The van der Waals surface area contributed by atoms with Crippen LogP contribution < -0.4 is 4.74 Å². The molecule has 0 amide bonds. The van der Waals surface area contributed by atoms with Crippen molar-refractivity contribution in [1.29, 1.82) is 0 Å². The van der Waals surface area contributed by atoms with E-state index in [-0.39, 0.29) is 11.7 Å². The number of benzene rings is 1. The second-order valence-electron chi connectivity index (χ2n) is 4.22. The summed E-state index contributed by atoms with van der Waals surface area (Å²) in [6.07, 6.45) is 3.14. The molecule has 2 nitrogen and oxygen atoms in total. The molecule has 1 atom stereocenters. The SMILES string of the molecule is COc1ccc(F)cc1CC1CCCC1=O. The Morgan fingerprint density at radius 2 is 2.31 bits per heavy atom. The average molecular weight is 222 g/mol. The van der Waals surface area contributed by atoms with Crippen LogP contribution in [0.15, 0.2) is 18.2 Å². The van der Waals surface area contributed by atoms with Gasteiger partial charge in [0.25, 0.3) is 0 Å². The Balaban J connectivity index is 2.19. The van der Waals surface area contributed by atoms with Crippen LogP contribution in [0.2, 0.25) is 0 Å². The molecule has 0 saturated heterocycles. The van der Waals surface area contributed by atoms with Crippen molar-refractivity contribution in [3.8, 4) is 5.75 Å². The molecule has 0 spiro atoms. The summed E-state index contributed by atoms with van der Waals surface area (Å²) in [4.78, 5) is 11.5. The minimum Gasteiger partial charge on any atom is -0.496 e. The van der Waals surface area contributed by atoms with Crippen molar-refractivity contribution in [1.82, 2.24) is 0 Å². The Labute approximate surface area is 94.4 Å². The van der Waals surface area contributed by atoms with E-state index in [0.29, 0.717) is 24.4 Å². The molecule has 1 aliphatic carbocycles. The Morgan fingerprint density at radius 1 is 1.50 bits per heavy atom. The maximum Gasteiger partial charge on any atom is 0.136 e. The molecule has 1 aromatic rings. The van der Waals surface area contributed by atoms with Crippen LogP contribution >= 0.6 is 0 Å². The second kappa shape index (κ2) is 4.64. The second-order valence-corrected chi connectivity index (χ2v) is 4.22. The lowest BCUT2D eigenvalue weighted by Gasteiger charge is -2.11. The maximum absolute atomic E-state index is 13.1. The minimum atomic E-state index is -0.277. The molecule has 86 valence electrons. The standard InChI is InChI=1S/C13H15FO2/c1-16-13-6-5-11(14)8-10(13)7-9-3-2-4-12(9)15/h5-6,8-9H,2-4,7H2,1H3. The summed E-state index contributed by atoms with van der Waals surface area (Å²) in [7, 11) is 1.56. The molecule has 1 unspecified atom stereocenters. The quantitative estimate of drug-likeness (QED) is 0.786. The zero-order chi connectivity index (χ0) is 11.5. The number of hydrogen-bond acceptors (Lipinski definition) is 2. The number of halogens is 1. The third-order valence-electron chi connectivity index (χ3n) is 3.14. The zero-order valence-electron chi connectivity index (χ0n) is 9.33. The van der Waals surface area contributed by atoms with Gasteiger partial charge >= 0.3 is 0 Å². The van der Waals surface area contributed by atoms with Crippen molar-refractivity contribution in [3.63, 3.8) is 0 Å². The van der Waals surface area contributed by atoms with Crippen LogP contribution in [-0.2, 0) is 11.2 Å². The van der Waals surface area contributed by atoms with Gasteiger partial charge in [0.15, 0.2) is 0 Å². The van der Waals surface area contributed by atoms with Gasteiger partial charge in [-0.2, -0.15) is 0 Å². The summed E-state index contributed by atoms with van der Waals surface area (Å²) < 4.78 is 18.3. The largest absolute Gasteiger partial charge is 0.496 e. The van der Waals surface area contributed by atoms with Crippen molar-refractivity contribution in [2.24, 2.45) is 5.92 Å². The number of carbonyl (C=O) groups excluding carboxylic acids is 1. The highest BCUT2D eigenvalue weighted by Gasteiger charge is 2.25. The molecule has 2 rings (SSSR count). The van der Waals surface area contributed by atoms with Crippen LogP contribution in [0.5, 0.6) is 5.75 Å². The fraction of sp³-hybridized carbons (Fsp3) is 0.462. The van der Waals surface area contributed by atoms with E-state index in [9.17, 15) is 9.18 Å². The van der Waals surface area contributed by atoms with E-state index in [2.05, 4.69) is 0 Å². The van der Waals surface area contributed by atoms with Crippen LogP contribution in [-0.4, -0.2) is 12.9 Å². The number of hydrogen-bond donors (Lipinski definition) is 0. The van der Waals surface area contributed by atoms with Gasteiger partial charge in [-0.15, -0.1) is 0 Å². The highest BCUT2D eigenvalue weighted by Crippen LogP contribution is 2.29. The lowest BCUT2D eigenvalue weighted by molar-refractivity contribution is -0.120. The summed E-state index contributed by atoms with van der Waals surface area (Å²) in [6.45, 7) is 0. The molecule has 3 heteroatoms. The van der Waals surface area contributed by atoms with Gasteiger partial charge in [0.05, 0.1) is 7.11 Å². The molecule has 1 fully saturated rings. The van der Waals surface area contributed by atoms with Gasteiger partial charge < -0.3 is 4.74 Å². The summed E-state index contributed by atoms with van der Waals surface area (Å²) in [5, 5.41) is 0. The third-order valence-corrected chi connectivity index (χ3v) is 3.14. The van der Waals surface area contributed by atoms with Crippen LogP contribution in [0.1, 0.15) is 24.8 Å². The van der Waals surface area contributed by atoms with Crippen LogP contribution in [0.25, 0.3) is 0 Å². The highest BCUT2D eigenvalue weighted by molar-refractivity contribution is 5.83. The van der Waals surface area contributed by atoms with E-state index < -0.39 is 0 Å². The average Bonchev–Trinajstić information content (AvgIpc) is 2.65. The molecule has 0 heterocycles. The Morgan fingerprint density at radius 3 is 2.94 bits per heavy atom. The Kier molecular flexibility index (Phi) is 3.22. The number of carbonyl (C=O) groups is 1. The van der Waals surface area contributed by atoms with Gasteiger partial charge in [0, 0.05) is 12.3 Å². The highest BCUT2D eigenvalue weighted by atomic mass is 19.1. The maximum atomic E-state index is 13.1. The van der Waals surface area contributed by atoms with E-state index in [1.54, 1.807) is 13.2 Å². The van der Waals surface area contributed by atoms with Crippen LogP contribution in [0.3, 0.4) is 0 Å². The van der Waals surface area contributed by atoms with Crippen LogP contribution in [0, 0.1) is 11.7 Å². The molecular formula is C13H15FO2. The first-order valence-electron chi connectivity index (χ1n) is 5.56. The van der Waals surface area contributed by atoms with Crippen molar-refractivity contribution in [3.05, 3.63) is 29.6 Å². The zero-order valence-corrected chi connectivity index (χ0v) is 9.33. The molecule has 0 radical (unpaired) electrons. The first-order valence-corrected chi connectivity index (χ1v) is 5.56. The smallest absolute Gasteiger partial charge is 0.136 e. The minimum absolute atomic E-state index is 0.0516. The topological polar surface area (TPSA) is 26.3 Å². The molecule has 1 aromatic carbocycles. The molecule has 1 aliphatic rings.